The van der Waals surface area contributed by atoms with Crippen molar-refractivity contribution in [3.05, 3.63) is 24.3 Å². The molecular weight excluding hydrogens is 310 g/mol. The number of urea groups is 1. The van der Waals surface area contributed by atoms with Gasteiger partial charge in [0.25, 0.3) is 0 Å². The van der Waals surface area contributed by atoms with Gasteiger partial charge in [0.15, 0.2) is 11.5 Å². The van der Waals surface area contributed by atoms with Gasteiger partial charge in [-0.1, -0.05) is 12.1 Å². The molecule has 2 aliphatic rings. The standard InChI is InChI=1S/C17H23N3O4/c1-23-14-6-2-3-7-15(14)24-13-10-20(11-13)16(21)12-5-4-8-19(9-12)17(18)22/h2-3,6-7,12-13H,4-5,8-11H2,1H3,(H2,18,22). The first-order valence-corrected chi connectivity index (χ1v) is 8.21. The third-order valence-electron chi connectivity index (χ3n) is 4.60. The molecule has 1 aromatic rings. The third kappa shape index (κ3) is 3.39. The van der Waals surface area contributed by atoms with Gasteiger partial charge in [-0.3, -0.25) is 4.79 Å². The molecule has 2 N–H and O–H groups in total. The van der Waals surface area contributed by atoms with E-state index in [2.05, 4.69) is 0 Å². The lowest BCUT2D eigenvalue weighted by Gasteiger charge is -2.42. The molecule has 2 fully saturated rings. The average Bonchev–Trinajstić information content (AvgIpc) is 2.57. The molecule has 1 aromatic carbocycles. The molecule has 130 valence electrons. The number of nitrogens with zero attached hydrogens (tertiary/aromatic N) is 2. The van der Waals surface area contributed by atoms with Crippen molar-refractivity contribution in [3.8, 4) is 11.5 Å². The lowest BCUT2D eigenvalue weighted by molar-refractivity contribution is -0.145. The highest BCUT2D eigenvalue weighted by atomic mass is 16.5. The molecule has 1 unspecified atom stereocenters. The van der Waals surface area contributed by atoms with E-state index in [1.165, 1.54) is 0 Å². The van der Waals surface area contributed by atoms with Crippen molar-refractivity contribution in [3.63, 3.8) is 0 Å². The highest BCUT2D eigenvalue weighted by Crippen LogP contribution is 2.29. The maximum absolute atomic E-state index is 12.5. The fraction of sp³-hybridized carbons (Fsp3) is 0.529. The van der Waals surface area contributed by atoms with Crippen molar-refractivity contribution < 1.29 is 19.1 Å². The van der Waals surface area contributed by atoms with Crippen LogP contribution in [0.15, 0.2) is 24.3 Å². The zero-order chi connectivity index (χ0) is 17.1. The fourth-order valence-electron chi connectivity index (χ4n) is 3.23. The van der Waals surface area contributed by atoms with E-state index < -0.39 is 6.03 Å². The second-order valence-corrected chi connectivity index (χ2v) is 6.26. The maximum Gasteiger partial charge on any atom is 0.314 e. The number of amides is 3. The Morgan fingerprint density at radius 1 is 1.12 bits per heavy atom. The Morgan fingerprint density at radius 3 is 2.50 bits per heavy atom. The monoisotopic (exact) mass is 333 g/mol. The number of piperidine rings is 1. The van der Waals surface area contributed by atoms with Gasteiger partial charge in [0.1, 0.15) is 6.10 Å². The first-order chi connectivity index (χ1) is 11.6. The summed E-state index contributed by atoms with van der Waals surface area (Å²) in [6, 6.07) is 7.02. The van der Waals surface area contributed by atoms with Crippen LogP contribution in [0.4, 0.5) is 4.79 Å². The summed E-state index contributed by atoms with van der Waals surface area (Å²) in [6.45, 7) is 2.18. The summed E-state index contributed by atoms with van der Waals surface area (Å²) in [5.74, 6) is 1.31. The summed E-state index contributed by atoms with van der Waals surface area (Å²) in [5.41, 5.74) is 5.32. The van der Waals surface area contributed by atoms with Crippen LogP contribution in [0.25, 0.3) is 0 Å². The van der Waals surface area contributed by atoms with Crippen LogP contribution >= 0.6 is 0 Å². The van der Waals surface area contributed by atoms with Crippen molar-refractivity contribution in [2.75, 3.05) is 33.3 Å². The summed E-state index contributed by atoms with van der Waals surface area (Å²) in [4.78, 5) is 27.2. The number of carbonyl (C=O) groups is 2. The average molecular weight is 333 g/mol. The molecule has 1 atom stereocenters. The van der Waals surface area contributed by atoms with Crippen LogP contribution in [0, 0.1) is 5.92 Å². The second-order valence-electron chi connectivity index (χ2n) is 6.26. The molecule has 0 saturated carbocycles. The van der Waals surface area contributed by atoms with E-state index in [1.807, 2.05) is 24.3 Å². The summed E-state index contributed by atoms with van der Waals surface area (Å²) < 4.78 is 11.2. The van der Waals surface area contributed by atoms with Gasteiger partial charge < -0.3 is 25.0 Å². The number of nitrogens with two attached hydrogens (primary N) is 1. The highest BCUT2D eigenvalue weighted by molar-refractivity contribution is 5.81. The Hall–Kier alpha value is -2.44. The van der Waals surface area contributed by atoms with Gasteiger partial charge in [-0.05, 0) is 25.0 Å². The first-order valence-electron chi connectivity index (χ1n) is 8.21. The van der Waals surface area contributed by atoms with E-state index >= 15 is 0 Å². The van der Waals surface area contributed by atoms with E-state index in [4.69, 9.17) is 15.2 Å². The molecule has 0 bridgehead atoms. The van der Waals surface area contributed by atoms with Crippen molar-refractivity contribution in [1.29, 1.82) is 0 Å². The zero-order valence-electron chi connectivity index (χ0n) is 13.8. The number of carbonyl (C=O) groups excluding carboxylic acids is 2. The van der Waals surface area contributed by atoms with E-state index in [1.54, 1.807) is 16.9 Å². The Kier molecular flexibility index (Phi) is 4.78. The Balaban J connectivity index is 1.51. The molecule has 24 heavy (non-hydrogen) atoms. The number of hydrogen-bond donors (Lipinski definition) is 1. The minimum atomic E-state index is -0.450. The van der Waals surface area contributed by atoms with Crippen molar-refractivity contribution >= 4 is 11.9 Å². The van der Waals surface area contributed by atoms with Crippen LogP contribution in [0.3, 0.4) is 0 Å². The minimum absolute atomic E-state index is 0.0268. The quantitative estimate of drug-likeness (QED) is 0.893. The largest absolute Gasteiger partial charge is 0.493 e. The molecular formula is C17H23N3O4. The van der Waals surface area contributed by atoms with Gasteiger partial charge in [0.2, 0.25) is 5.91 Å². The van der Waals surface area contributed by atoms with Gasteiger partial charge in [-0.2, -0.15) is 0 Å². The minimum Gasteiger partial charge on any atom is -0.493 e. The summed E-state index contributed by atoms with van der Waals surface area (Å²) >= 11 is 0. The maximum atomic E-state index is 12.5. The normalized spacial score (nSPS) is 21.1. The SMILES string of the molecule is COc1ccccc1OC1CN(C(=O)C2CCCN(C(N)=O)C2)C1. The van der Waals surface area contributed by atoms with E-state index in [0.29, 0.717) is 37.7 Å². The van der Waals surface area contributed by atoms with Gasteiger partial charge in [0, 0.05) is 13.1 Å². The lowest BCUT2D eigenvalue weighted by Crippen LogP contribution is -2.59. The molecule has 2 aliphatic heterocycles. The van der Waals surface area contributed by atoms with Gasteiger partial charge in [0.05, 0.1) is 26.1 Å². The van der Waals surface area contributed by atoms with E-state index in [9.17, 15) is 9.59 Å². The first kappa shape index (κ1) is 16.4. The smallest absolute Gasteiger partial charge is 0.314 e. The van der Waals surface area contributed by atoms with Gasteiger partial charge in [-0.15, -0.1) is 0 Å². The Bertz CT molecular complexity index is 616. The number of benzene rings is 1. The second kappa shape index (κ2) is 6.98. The Labute approximate surface area is 141 Å². The van der Waals surface area contributed by atoms with Crippen LogP contribution in [-0.2, 0) is 4.79 Å². The number of hydrogen-bond acceptors (Lipinski definition) is 4. The summed E-state index contributed by atoms with van der Waals surface area (Å²) in [5, 5.41) is 0. The summed E-state index contributed by atoms with van der Waals surface area (Å²) in [6.07, 6.45) is 1.59. The lowest BCUT2D eigenvalue weighted by atomic mass is 9.95. The topological polar surface area (TPSA) is 85.1 Å². The number of likely N-dealkylation sites (tertiary alicyclic amines) is 2. The molecule has 0 aliphatic carbocycles. The molecule has 7 heteroatoms. The molecule has 2 saturated heterocycles. The molecule has 2 heterocycles. The van der Waals surface area contributed by atoms with E-state index in [0.717, 1.165) is 12.8 Å². The Morgan fingerprint density at radius 2 is 1.83 bits per heavy atom. The van der Waals surface area contributed by atoms with Crippen molar-refractivity contribution in [2.45, 2.75) is 18.9 Å². The third-order valence-corrected chi connectivity index (χ3v) is 4.60. The highest BCUT2D eigenvalue weighted by Gasteiger charge is 2.38. The number of rotatable bonds is 4. The predicted molar refractivity (Wildman–Crippen MR) is 87.9 cm³/mol. The van der Waals surface area contributed by atoms with Crippen LogP contribution < -0.4 is 15.2 Å². The van der Waals surface area contributed by atoms with E-state index in [-0.39, 0.29) is 17.9 Å². The number of primary amides is 1. The van der Waals surface area contributed by atoms with Gasteiger partial charge in [-0.25, -0.2) is 4.79 Å². The molecule has 3 rings (SSSR count). The van der Waals surface area contributed by atoms with Crippen LogP contribution in [0.1, 0.15) is 12.8 Å². The van der Waals surface area contributed by atoms with Crippen LogP contribution in [-0.4, -0.2) is 61.1 Å². The van der Waals surface area contributed by atoms with Crippen molar-refractivity contribution in [1.82, 2.24) is 9.80 Å². The van der Waals surface area contributed by atoms with Crippen LogP contribution in [0.2, 0.25) is 0 Å². The number of ether oxygens (including phenoxy) is 2. The fourth-order valence-corrected chi connectivity index (χ4v) is 3.23. The molecule has 0 radical (unpaired) electrons. The van der Waals surface area contributed by atoms with Crippen LogP contribution in [0.5, 0.6) is 11.5 Å². The molecule has 3 amide bonds. The zero-order valence-corrected chi connectivity index (χ0v) is 13.8. The van der Waals surface area contributed by atoms with Crippen molar-refractivity contribution in [2.24, 2.45) is 11.7 Å². The van der Waals surface area contributed by atoms with Gasteiger partial charge >= 0.3 is 6.03 Å². The molecule has 0 spiro atoms. The number of para-hydroxylation sites is 2. The molecule has 7 nitrogen and oxygen atoms in total. The number of methoxy groups -OCH3 is 1. The molecule has 0 aromatic heterocycles. The summed E-state index contributed by atoms with van der Waals surface area (Å²) in [7, 11) is 1.60. The predicted octanol–water partition coefficient (Wildman–Crippen LogP) is 1.08.